The number of aromatic nitrogens is 8. The maximum Gasteiger partial charge on any atom is 0.195 e. The molecule has 8 aromatic carbocycles. The number of anilines is 10. The number of carbonyl (C=O) groups excluding carboxylic acids is 4. The zero-order valence-corrected chi connectivity index (χ0v) is 69.2. The maximum atomic E-state index is 13.4. The molecule has 2 saturated heterocycles. The molecule has 0 atom stereocenters. The van der Waals surface area contributed by atoms with Gasteiger partial charge in [-0.15, -0.1) is 0 Å². The third-order valence-electron chi connectivity index (χ3n) is 23.3. The summed E-state index contributed by atoms with van der Waals surface area (Å²) < 4.78 is 10.6. The van der Waals surface area contributed by atoms with Crippen molar-refractivity contribution < 1.29 is 28.7 Å². The molecule has 2 aliphatic heterocycles. The van der Waals surface area contributed by atoms with Crippen molar-refractivity contribution in [2.45, 2.75) is 44.9 Å². The van der Waals surface area contributed by atoms with Gasteiger partial charge in [-0.3, -0.25) is 19.2 Å². The molecule has 0 bridgehead atoms. The number of methoxy groups -OCH3 is 1. The van der Waals surface area contributed by atoms with Crippen LogP contribution in [0.15, 0.2) is 262 Å². The Kier molecular flexibility index (Phi) is 22.4. The molecular formula is C102H84Cl2N14O6. The number of pyridine rings is 4. The van der Waals surface area contributed by atoms with Crippen LogP contribution in [0.25, 0.3) is 68.4 Å². The minimum atomic E-state index is -0.0175. The third-order valence-corrected chi connectivity index (χ3v) is 23.9. The second-order valence-corrected chi connectivity index (χ2v) is 32.0. The monoisotopic (exact) mass is 1670 g/mol. The van der Waals surface area contributed by atoms with E-state index < -0.39 is 0 Å². The van der Waals surface area contributed by atoms with Crippen molar-refractivity contribution in [1.82, 2.24) is 39.9 Å². The lowest BCUT2D eigenvalue weighted by Gasteiger charge is -2.28. The summed E-state index contributed by atoms with van der Waals surface area (Å²) in [5.41, 5.74) is 26.5. The van der Waals surface area contributed by atoms with Gasteiger partial charge in [-0.1, -0.05) is 145 Å². The van der Waals surface area contributed by atoms with E-state index in [1.807, 2.05) is 121 Å². The summed E-state index contributed by atoms with van der Waals surface area (Å²) in [6, 6.07) is 61.4. The number of carbonyl (C=O) groups is 4. The van der Waals surface area contributed by atoms with Crippen LogP contribution in [0, 0.1) is 0 Å². The number of nitrogens with zero attached hydrogens (tertiary/aromatic N) is 6. The summed E-state index contributed by atoms with van der Waals surface area (Å²) in [4.78, 5) is 88.8. The van der Waals surface area contributed by atoms with E-state index in [2.05, 4.69) is 174 Å². The summed E-state index contributed by atoms with van der Waals surface area (Å²) >= 11 is 12.2. The Morgan fingerprint density at radius 3 is 1.00 bits per heavy atom. The lowest BCUT2D eigenvalue weighted by Crippen LogP contribution is -2.36. The number of allylic oxidation sites excluding steroid dienone is 4. The van der Waals surface area contributed by atoms with Crippen LogP contribution in [-0.4, -0.2) is 110 Å². The molecule has 10 heterocycles. The number of fused-ring (bicyclic) bond motifs is 8. The first kappa shape index (κ1) is 79.1. The van der Waals surface area contributed by atoms with Gasteiger partial charge in [-0.25, -0.2) is 19.9 Å². The van der Waals surface area contributed by atoms with Gasteiger partial charge in [0.1, 0.15) is 28.3 Å². The highest BCUT2D eigenvalue weighted by atomic mass is 35.5. The molecule has 8 N–H and O–H groups in total. The van der Waals surface area contributed by atoms with Crippen molar-refractivity contribution in [2.24, 2.45) is 0 Å². The molecule has 2 fully saturated rings. The van der Waals surface area contributed by atoms with Gasteiger partial charge < -0.3 is 60.5 Å². The highest BCUT2D eigenvalue weighted by molar-refractivity contribution is 6.32. The summed E-state index contributed by atoms with van der Waals surface area (Å²) in [6.07, 6.45) is 38.0. The van der Waals surface area contributed by atoms with E-state index in [0.717, 1.165) is 171 Å². The van der Waals surface area contributed by atoms with E-state index in [-0.39, 0.29) is 23.1 Å². The average Bonchev–Trinajstić information content (AvgIpc) is 1.63. The van der Waals surface area contributed by atoms with Gasteiger partial charge in [0.15, 0.2) is 23.1 Å². The minimum Gasteiger partial charge on any atom is -0.495 e. The van der Waals surface area contributed by atoms with E-state index in [1.54, 1.807) is 68.8 Å². The van der Waals surface area contributed by atoms with E-state index in [4.69, 9.17) is 32.7 Å². The van der Waals surface area contributed by atoms with Crippen LogP contribution in [0.3, 0.4) is 0 Å². The number of H-pyrrole nitrogens is 4. The number of hydrogen-bond acceptors (Lipinski definition) is 16. The Morgan fingerprint density at radius 2 is 0.669 bits per heavy atom. The van der Waals surface area contributed by atoms with Gasteiger partial charge in [0, 0.05) is 156 Å². The van der Waals surface area contributed by atoms with Crippen LogP contribution in [0.5, 0.6) is 5.75 Å². The number of ether oxygens (including phenoxy) is 2. The first-order chi connectivity index (χ1) is 60.8. The van der Waals surface area contributed by atoms with E-state index in [0.29, 0.717) is 66.2 Å². The first-order valence-corrected chi connectivity index (χ1v) is 42.3. The first-order valence-electron chi connectivity index (χ1n) is 41.5. The normalized spacial score (nSPS) is 13.8. The lowest BCUT2D eigenvalue weighted by atomic mass is 9.96. The number of halogens is 2. The van der Waals surface area contributed by atoms with Gasteiger partial charge in [0.2, 0.25) is 0 Å². The van der Waals surface area contributed by atoms with Crippen molar-refractivity contribution in [3.05, 3.63) is 361 Å². The maximum absolute atomic E-state index is 13.4. The Labute approximate surface area is 724 Å². The number of aromatic amines is 4. The van der Waals surface area contributed by atoms with Crippen LogP contribution >= 0.6 is 23.2 Å². The summed E-state index contributed by atoms with van der Waals surface area (Å²) in [7, 11) is 1.58. The molecular weight excluding hydrogens is 1590 g/mol. The van der Waals surface area contributed by atoms with Gasteiger partial charge in [-0.05, 0) is 205 Å². The standard InChI is InChI=1S/C28H26N4O.C27H24N4O2.C24H18ClN3O2.C23H16ClN3O/c33-27(24-9-5-7-19-6-4-8-23(19)24)26-18-30-28-25(26)16-21(17-29-28)31-20-10-12-22(13-11-20)32-14-2-1-3-15-32;32-26(23-6-2-4-18-3-1-5-22(18)23)25-17-29-27-24(25)15-20(16-28-27)30-19-7-9-21(10-8-19)31-11-13-33-14-12-31;1-30-22-9-8-15(11-21(22)25)28-16-10-19-20(13-27-24(19)26-12-16)23(29)18-7-3-5-14-4-2-6-17(14)18;24-15-7-9-16(10-8-15)27-17-11-20-21(13-26-23(20)25-12-17)22(28)19-6-2-4-14-3-1-5-18(14)19/h4-5,7-13,16-18,31H,1-3,6,14-15H2,(H,29,30);1-2,4-10,15-17,30H,3,11-14H2,(H,28,29);2-3,5-13,28H,4H2,1H3,(H,26,27);1-2,4-13,27H,3H2,(H,25,26). The van der Waals surface area contributed by atoms with Crippen LogP contribution in [0.4, 0.5) is 56.9 Å². The van der Waals surface area contributed by atoms with Crippen molar-refractivity contribution in [3.8, 4) is 5.75 Å². The fraction of sp³-hybridized carbons (Fsp3) is 0.137. The topological polar surface area (TPSA) is 256 Å². The molecule has 0 amide bonds. The molecule has 612 valence electrons. The Hall–Kier alpha value is -14.7. The van der Waals surface area contributed by atoms with E-state index in [1.165, 1.54) is 52.9 Å². The largest absolute Gasteiger partial charge is 0.495 e. The predicted octanol–water partition coefficient (Wildman–Crippen LogP) is 22.6. The summed E-state index contributed by atoms with van der Waals surface area (Å²) in [6.45, 7) is 5.64. The molecule has 0 spiro atoms. The second kappa shape index (κ2) is 35.2. The number of benzene rings is 8. The second-order valence-electron chi connectivity index (χ2n) is 31.1. The molecule has 0 unspecified atom stereocenters. The summed E-state index contributed by atoms with van der Waals surface area (Å²) in [5.74, 6) is 0.628. The number of piperidine rings is 1. The Balaban J connectivity index is 0.000000109. The lowest BCUT2D eigenvalue weighted by molar-refractivity contribution is 0.103. The average molecular weight is 1670 g/mol. The van der Waals surface area contributed by atoms with Gasteiger partial charge in [0.05, 0.1) is 72.9 Å². The van der Waals surface area contributed by atoms with Gasteiger partial charge in [0.25, 0.3) is 0 Å². The number of nitrogens with one attached hydrogen (secondary N) is 8. The van der Waals surface area contributed by atoms with Gasteiger partial charge in [-0.2, -0.15) is 0 Å². The molecule has 16 aromatic rings. The minimum absolute atomic E-state index is 0.0000860. The third kappa shape index (κ3) is 16.6. The van der Waals surface area contributed by atoms with Crippen molar-refractivity contribution >= 4 is 172 Å². The van der Waals surface area contributed by atoms with Crippen molar-refractivity contribution in [2.75, 3.05) is 77.6 Å². The van der Waals surface area contributed by atoms with Crippen molar-refractivity contribution in [3.63, 3.8) is 0 Å². The fourth-order valence-electron chi connectivity index (χ4n) is 17.0. The van der Waals surface area contributed by atoms with E-state index in [9.17, 15) is 19.2 Å². The quantitative estimate of drug-likeness (QED) is 0.0350. The Bertz CT molecular complexity index is 6730. The highest BCUT2D eigenvalue weighted by Gasteiger charge is 2.27. The molecule has 0 radical (unpaired) electrons. The number of morpholine rings is 1. The number of rotatable bonds is 19. The van der Waals surface area contributed by atoms with Crippen LogP contribution in [0.2, 0.25) is 10.0 Å². The molecule has 124 heavy (non-hydrogen) atoms. The molecule has 8 aromatic heterocycles. The molecule has 4 aliphatic carbocycles. The molecule has 22 heteroatoms. The highest BCUT2D eigenvalue weighted by Crippen LogP contribution is 2.38. The smallest absolute Gasteiger partial charge is 0.195 e. The predicted molar refractivity (Wildman–Crippen MR) is 499 cm³/mol. The van der Waals surface area contributed by atoms with Crippen LogP contribution in [-0.2, 0) is 30.4 Å². The van der Waals surface area contributed by atoms with Crippen LogP contribution < -0.4 is 35.8 Å². The summed E-state index contributed by atoms with van der Waals surface area (Å²) in [5, 5.41) is 17.9. The SMILES string of the molecule is COc1ccc(Nc2cnc3[nH]cc(C(=O)c4cccc5c4C=CC5)c3c2)cc1Cl.O=C(c1cccc2c1C=CC2)c1c[nH]c2ncc(Nc3ccc(Cl)cc3)cc12.O=C(c1cccc2c1C=CC2)c1c[nH]c2ncc(Nc3ccc(N4CCCCC4)cc3)cc12.O=C(c1cccc2c1C=CC2)c1c[nH]c2ncc(Nc3ccc(N4CCOCC4)cc3)cc12. The molecule has 6 aliphatic rings. The molecule has 22 rings (SSSR count). The Morgan fingerprint density at radius 1 is 0.355 bits per heavy atom. The number of ketones is 4. The zero-order valence-electron chi connectivity index (χ0n) is 67.7. The number of hydrogen-bond donors (Lipinski definition) is 8. The molecule has 0 saturated carbocycles. The van der Waals surface area contributed by atoms with E-state index >= 15 is 0 Å². The van der Waals surface area contributed by atoms with Gasteiger partial charge >= 0.3 is 0 Å². The van der Waals surface area contributed by atoms with Crippen LogP contribution in [0.1, 0.15) is 127 Å². The zero-order chi connectivity index (χ0) is 84.2. The molecule has 20 nitrogen and oxygen atoms in total. The fourth-order valence-corrected chi connectivity index (χ4v) is 17.4. The van der Waals surface area contributed by atoms with Crippen molar-refractivity contribution in [1.29, 1.82) is 0 Å².